The molecule has 136 valence electrons. The third-order valence-corrected chi connectivity index (χ3v) is 4.66. The van der Waals surface area contributed by atoms with Crippen molar-refractivity contribution in [3.63, 3.8) is 0 Å². The van der Waals surface area contributed by atoms with Gasteiger partial charge in [0.05, 0.1) is 0 Å². The van der Waals surface area contributed by atoms with Crippen LogP contribution in [0.2, 0.25) is 0 Å². The van der Waals surface area contributed by atoms with Gasteiger partial charge < -0.3 is 0 Å². The molecule has 0 saturated heterocycles. The summed E-state index contributed by atoms with van der Waals surface area (Å²) in [7, 11) is 0. The first-order valence-corrected chi connectivity index (χ1v) is 9.25. The van der Waals surface area contributed by atoms with Gasteiger partial charge in [-0.1, -0.05) is 96.6 Å². The van der Waals surface area contributed by atoms with Crippen molar-refractivity contribution >= 4 is 6.08 Å². The van der Waals surface area contributed by atoms with Crippen LogP contribution in [0.3, 0.4) is 0 Å². The second kappa shape index (κ2) is 7.57. The Kier molecular flexibility index (Phi) is 4.81. The van der Waals surface area contributed by atoms with Crippen LogP contribution in [0.25, 0.3) is 40.2 Å². The standard InChI is InChI=1S/C25H21N3/c1-4-19-9-15-22(16-10-19)25-27-23(20-11-5-17(2)6-12-20)26-24(28-25)21-13-7-18(3)8-14-21/h4-16H,1H2,2-3H3. The minimum atomic E-state index is 0.664. The van der Waals surface area contributed by atoms with Crippen molar-refractivity contribution in [1.29, 1.82) is 0 Å². The van der Waals surface area contributed by atoms with Gasteiger partial charge in [0.2, 0.25) is 0 Å². The highest BCUT2D eigenvalue weighted by Gasteiger charge is 2.12. The van der Waals surface area contributed by atoms with Crippen LogP contribution in [0.1, 0.15) is 16.7 Å². The number of rotatable bonds is 4. The maximum atomic E-state index is 4.75. The van der Waals surface area contributed by atoms with Crippen LogP contribution in [0, 0.1) is 13.8 Å². The SMILES string of the molecule is C=Cc1ccc(-c2nc(-c3ccc(C)cc3)nc(-c3ccc(C)cc3)n2)cc1. The fourth-order valence-corrected chi connectivity index (χ4v) is 2.94. The van der Waals surface area contributed by atoms with E-state index in [4.69, 9.17) is 15.0 Å². The van der Waals surface area contributed by atoms with Crippen molar-refractivity contribution in [3.8, 4) is 34.2 Å². The fourth-order valence-electron chi connectivity index (χ4n) is 2.94. The van der Waals surface area contributed by atoms with Crippen LogP contribution < -0.4 is 0 Å². The van der Waals surface area contributed by atoms with E-state index in [-0.39, 0.29) is 0 Å². The first-order chi connectivity index (χ1) is 13.6. The Morgan fingerprint density at radius 2 is 0.857 bits per heavy atom. The van der Waals surface area contributed by atoms with E-state index in [9.17, 15) is 0 Å². The maximum absolute atomic E-state index is 4.75. The highest BCUT2D eigenvalue weighted by atomic mass is 15.0. The number of nitrogens with zero attached hydrogens (tertiary/aromatic N) is 3. The predicted octanol–water partition coefficient (Wildman–Crippen LogP) is 6.13. The van der Waals surface area contributed by atoms with Crippen LogP contribution in [0.4, 0.5) is 0 Å². The summed E-state index contributed by atoms with van der Waals surface area (Å²) in [5.74, 6) is 2.01. The Labute approximate surface area is 165 Å². The van der Waals surface area contributed by atoms with Gasteiger partial charge in [-0.25, -0.2) is 15.0 Å². The maximum Gasteiger partial charge on any atom is 0.164 e. The predicted molar refractivity (Wildman–Crippen MR) is 116 cm³/mol. The Bertz CT molecular complexity index is 1050. The number of hydrogen-bond donors (Lipinski definition) is 0. The second-order valence-electron chi connectivity index (χ2n) is 6.86. The van der Waals surface area contributed by atoms with Crippen molar-refractivity contribution in [1.82, 2.24) is 15.0 Å². The lowest BCUT2D eigenvalue weighted by atomic mass is 10.1. The summed E-state index contributed by atoms with van der Waals surface area (Å²) in [6.45, 7) is 7.96. The van der Waals surface area contributed by atoms with Crippen LogP contribution in [-0.2, 0) is 0 Å². The zero-order chi connectivity index (χ0) is 19.5. The number of aromatic nitrogens is 3. The molecule has 3 heteroatoms. The van der Waals surface area contributed by atoms with Gasteiger partial charge in [-0.15, -0.1) is 0 Å². The molecular formula is C25H21N3. The second-order valence-corrected chi connectivity index (χ2v) is 6.86. The van der Waals surface area contributed by atoms with E-state index >= 15 is 0 Å². The lowest BCUT2D eigenvalue weighted by Gasteiger charge is -2.09. The summed E-state index contributed by atoms with van der Waals surface area (Å²) in [5, 5.41) is 0. The summed E-state index contributed by atoms with van der Waals surface area (Å²) in [5.41, 5.74) is 6.38. The molecule has 0 N–H and O–H groups in total. The Morgan fingerprint density at radius 1 is 0.536 bits per heavy atom. The quantitative estimate of drug-likeness (QED) is 0.437. The summed E-state index contributed by atoms with van der Waals surface area (Å²) < 4.78 is 0. The molecule has 0 aliphatic carbocycles. The molecule has 0 aliphatic rings. The van der Waals surface area contributed by atoms with Gasteiger partial charge in [0.25, 0.3) is 0 Å². The van der Waals surface area contributed by atoms with Crippen molar-refractivity contribution in [2.45, 2.75) is 13.8 Å². The Balaban J connectivity index is 1.87. The van der Waals surface area contributed by atoms with E-state index in [0.717, 1.165) is 22.3 Å². The number of hydrogen-bond acceptors (Lipinski definition) is 3. The Hall–Kier alpha value is -3.59. The smallest absolute Gasteiger partial charge is 0.164 e. The monoisotopic (exact) mass is 363 g/mol. The first-order valence-electron chi connectivity index (χ1n) is 9.25. The van der Waals surface area contributed by atoms with Crippen LogP contribution >= 0.6 is 0 Å². The van der Waals surface area contributed by atoms with Crippen LogP contribution in [0.5, 0.6) is 0 Å². The molecule has 0 radical (unpaired) electrons. The molecule has 3 aromatic carbocycles. The molecule has 0 amide bonds. The zero-order valence-corrected chi connectivity index (χ0v) is 16.1. The molecule has 4 aromatic rings. The summed E-state index contributed by atoms with van der Waals surface area (Å²) in [4.78, 5) is 14.3. The number of aryl methyl sites for hydroxylation is 2. The van der Waals surface area contributed by atoms with Crippen LogP contribution in [-0.4, -0.2) is 15.0 Å². The van der Waals surface area contributed by atoms with E-state index in [1.807, 2.05) is 54.6 Å². The van der Waals surface area contributed by atoms with Gasteiger partial charge in [0, 0.05) is 16.7 Å². The molecule has 3 nitrogen and oxygen atoms in total. The minimum Gasteiger partial charge on any atom is -0.208 e. The van der Waals surface area contributed by atoms with Gasteiger partial charge in [0.1, 0.15) is 0 Å². The molecule has 1 aromatic heterocycles. The van der Waals surface area contributed by atoms with Crippen molar-refractivity contribution in [3.05, 3.63) is 96.1 Å². The van der Waals surface area contributed by atoms with E-state index in [0.29, 0.717) is 17.5 Å². The molecule has 0 unspecified atom stereocenters. The molecule has 0 aliphatic heterocycles. The van der Waals surface area contributed by atoms with Crippen molar-refractivity contribution in [2.75, 3.05) is 0 Å². The van der Waals surface area contributed by atoms with E-state index in [2.05, 4.69) is 44.7 Å². The van der Waals surface area contributed by atoms with E-state index in [1.165, 1.54) is 11.1 Å². The fraction of sp³-hybridized carbons (Fsp3) is 0.0800. The van der Waals surface area contributed by atoms with Crippen molar-refractivity contribution in [2.24, 2.45) is 0 Å². The normalized spacial score (nSPS) is 10.6. The molecule has 0 saturated carbocycles. The van der Waals surface area contributed by atoms with Gasteiger partial charge in [-0.3, -0.25) is 0 Å². The molecule has 28 heavy (non-hydrogen) atoms. The van der Waals surface area contributed by atoms with E-state index < -0.39 is 0 Å². The zero-order valence-electron chi connectivity index (χ0n) is 16.1. The van der Waals surface area contributed by atoms with Gasteiger partial charge in [0.15, 0.2) is 17.5 Å². The summed E-state index contributed by atoms with van der Waals surface area (Å²) >= 11 is 0. The molecule has 4 rings (SSSR count). The molecule has 0 spiro atoms. The molecule has 0 bridgehead atoms. The summed E-state index contributed by atoms with van der Waals surface area (Å²) in [6.07, 6.45) is 1.83. The third-order valence-electron chi connectivity index (χ3n) is 4.66. The topological polar surface area (TPSA) is 38.7 Å². The highest BCUT2D eigenvalue weighted by molar-refractivity contribution is 5.67. The molecular weight excluding hydrogens is 342 g/mol. The van der Waals surface area contributed by atoms with Gasteiger partial charge in [-0.05, 0) is 19.4 Å². The third kappa shape index (κ3) is 3.74. The molecule has 0 fully saturated rings. The van der Waals surface area contributed by atoms with Gasteiger partial charge in [-0.2, -0.15) is 0 Å². The lowest BCUT2D eigenvalue weighted by molar-refractivity contribution is 1.07. The number of benzene rings is 3. The van der Waals surface area contributed by atoms with Gasteiger partial charge >= 0.3 is 0 Å². The van der Waals surface area contributed by atoms with Crippen LogP contribution in [0.15, 0.2) is 79.4 Å². The lowest BCUT2D eigenvalue weighted by Crippen LogP contribution is -2.00. The van der Waals surface area contributed by atoms with E-state index in [1.54, 1.807) is 0 Å². The summed E-state index contributed by atoms with van der Waals surface area (Å²) in [6, 6.07) is 24.6. The van der Waals surface area contributed by atoms with Crippen molar-refractivity contribution < 1.29 is 0 Å². The highest BCUT2D eigenvalue weighted by Crippen LogP contribution is 2.25. The largest absolute Gasteiger partial charge is 0.208 e. The minimum absolute atomic E-state index is 0.664. The molecule has 0 atom stereocenters. The average Bonchev–Trinajstić information content (AvgIpc) is 2.74. The Morgan fingerprint density at radius 3 is 1.18 bits per heavy atom. The first kappa shape index (κ1) is 17.8. The molecule has 1 heterocycles. The average molecular weight is 363 g/mol.